The average molecular weight is 399 g/mol. The minimum atomic E-state index is -0.149. The van der Waals surface area contributed by atoms with Gasteiger partial charge in [-0.05, 0) is 36.3 Å². The van der Waals surface area contributed by atoms with Crippen molar-refractivity contribution in [2.75, 3.05) is 6.54 Å². The number of carbonyl (C=O) groups excluding carboxylic acids is 3. The molecule has 5 heteroatoms. The van der Waals surface area contributed by atoms with Gasteiger partial charge in [-0.3, -0.25) is 19.3 Å². The monoisotopic (exact) mass is 398 g/mol. The summed E-state index contributed by atoms with van der Waals surface area (Å²) in [5.41, 5.74) is 2.39. The smallest absolute Gasteiger partial charge is 0.233 e. The van der Waals surface area contributed by atoms with Crippen molar-refractivity contribution in [3.05, 3.63) is 35.4 Å². The van der Waals surface area contributed by atoms with Crippen molar-refractivity contribution >= 4 is 17.7 Å². The Bertz CT molecular complexity index is 717. The molecule has 5 nitrogen and oxygen atoms in total. The molecule has 1 saturated carbocycles. The number of fused-ring (bicyclic) bond motifs is 1. The average Bonchev–Trinajstić information content (AvgIpc) is 2.96. The number of amides is 3. The van der Waals surface area contributed by atoms with Gasteiger partial charge in [0.15, 0.2) is 0 Å². The Kier molecular flexibility index (Phi) is 7.09. The van der Waals surface area contributed by atoms with Gasteiger partial charge in [-0.25, -0.2) is 0 Å². The topological polar surface area (TPSA) is 66.5 Å². The van der Waals surface area contributed by atoms with E-state index in [1.165, 1.54) is 10.5 Å². The summed E-state index contributed by atoms with van der Waals surface area (Å²) >= 11 is 0. The molecule has 3 amide bonds. The van der Waals surface area contributed by atoms with E-state index in [2.05, 4.69) is 50.4 Å². The maximum absolute atomic E-state index is 12.6. The number of hydrogen-bond acceptors (Lipinski definition) is 3. The van der Waals surface area contributed by atoms with E-state index < -0.39 is 0 Å². The normalized spacial score (nSPS) is 22.7. The molecule has 3 unspecified atom stereocenters. The van der Waals surface area contributed by atoms with E-state index >= 15 is 0 Å². The Morgan fingerprint density at radius 1 is 1.07 bits per heavy atom. The number of carbonyl (C=O) groups is 3. The zero-order chi connectivity index (χ0) is 21.0. The summed E-state index contributed by atoms with van der Waals surface area (Å²) in [6, 6.07) is 8.36. The van der Waals surface area contributed by atoms with Gasteiger partial charge in [-0.15, -0.1) is 0 Å². The zero-order valence-corrected chi connectivity index (χ0v) is 17.9. The highest BCUT2D eigenvalue weighted by atomic mass is 16.2. The lowest BCUT2D eigenvalue weighted by Crippen LogP contribution is -2.37. The first-order valence-corrected chi connectivity index (χ1v) is 11.2. The van der Waals surface area contributed by atoms with E-state index in [1.54, 1.807) is 0 Å². The van der Waals surface area contributed by atoms with Gasteiger partial charge in [-0.2, -0.15) is 0 Å². The summed E-state index contributed by atoms with van der Waals surface area (Å²) in [5, 5.41) is 3.11. The first-order valence-electron chi connectivity index (χ1n) is 11.2. The van der Waals surface area contributed by atoms with Crippen LogP contribution >= 0.6 is 0 Å². The molecule has 3 atom stereocenters. The van der Waals surface area contributed by atoms with Gasteiger partial charge in [0.2, 0.25) is 17.7 Å². The lowest BCUT2D eigenvalue weighted by Gasteiger charge is -2.24. The Morgan fingerprint density at radius 2 is 1.66 bits per heavy atom. The van der Waals surface area contributed by atoms with E-state index in [4.69, 9.17) is 0 Å². The lowest BCUT2D eigenvalue weighted by molar-refractivity contribution is -0.140. The molecule has 0 radical (unpaired) electrons. The first kappa shape index (κ1) is 21.5. The highest BCUT2D eigenvalue weighted by molar-refractivity contribution is 6.05. The second kappa shape index (κ2) is 9.55. The molecule has 0 aromatic heterocycles. The van der Waals surface area contributed by atoms with Gasteiger partial charge in [0.1, 0.15) is 0 Å². The molecule has 1 aromatic rings. The van der Waals surface area contributed by atoms with Crippen LogP contribution in [0.2, 0.25) is 0 Å². The molecule has 158 valence electrons. The van der Waals surface area contributed by atoms with Crippen molar-refractivity contribution in [3.63, 3.8) is 0 Å². The SMILES string of the molecule is CCCc1ccc(C(NC(=O)CCN2C(=O)C3CCCCC3C2=O)C(C)C)cc1. The molecule has 1 saturated heterocycles. The molecule has 0 spiro atoms. The van der Waals surface area contributed by atoms with E-state index in [1.807, 2.05) is 0 Å². The van der Waals surface area contributed by atoms with Crippen LogP contribution in [0, 0.1) is 17.8 Å². The van der Waals surface area contributed by atoms with Crippen LogP contribution in [0.3, 0.4) is 0 Å². The second-order valence-electron chi connectivity index (χ2n) is 8.86. The van der Waals surface area contributed by atoms with Crippen LogP contribution in [0.15, 0.2) is 24.3 Å². The number of imide groups is 1. The van der Waals surface area contributed by atoms with Gasteiger partial charge in [-0.1, -0.05) is 64.3 Å². The van der Waals surface area contributed by atoms with Crippen LogP contribution in [-0.4, -0.2) is 29.2 Å². The number of benzene rings is 1. The fraction of sp³-hybridized carbons (Fsp3) is 0.625. The molecule has 1 N–H and O–H groups in total. The number of hydrogen-bond donors (Lipinski definition) is 1. The minimum Gasteiger partial charge on any atom is -0.349 e. The maximum Gasteiger partial charge on any atom is 0.233 e. The third-order valence-electron chi connectivity index (χ3n) is 6.36. The van der Waals surface area contributed by atoms with Crippen LogP contribution in [-0.2, 0) is 20.8 Å². The summed E-state index contributed by atoms with van der Waals surface area (Å²) in [6.07, 6.45) is 5.97. The molecule has 1 aliphatic heterocycles. The Balaban J connectivity index is 1.58. The lowest BCUT2D eigenvalue weighted by atomic mass is 9.81. The summed E-state index contributed by atoms with van der Waals surface area (Å²) in [6.45, 7) is 6.53. The quantitative estimate of drug-likeness (QED) is 0.673. The second-order valence-corrected chi connectivity index (χ2v) is 8.86. The molecular formula is C24H34N2O3. The molecule has 1 aliphatic carbocycles. The summed E-state index contributed by atoms with van der Waals surface area (Å²) in [7, 11) is 0. The van der Waals surface area contributed by atoms with Gasteiger partial charge in [0.05, 0.1) is 17.9 Å². The zero-order valence-electron chi connectivity index (χ0n) is 17.9. The van der Waals surface area contributed by atoms with Gasteiger partial charge >= 0.3 is 0 Å². The molecule has 1 aromatic carbocycles. The summed E-state index contributed by atoms with van der Waals surface area (Å²) in [4.78, 5) is 39.1. The Hall–Kier alpha value is -2.17. The molecule has 2 aliphatic rings. The van der Waals surface area contributed by atoms with Crippen LogP contribution < -0.4 is 5.32 Å². The Labute approximate surface area is 174 Å². The molecule has 1 heterocycles. The van der Waals surface area contributed by atoms with Crippen molar-refractivity contribution in [1.29, 1.82) is 0 Å². The number of aryl methyl sites for hydroxylation is 1. The largest absolute Gasteiger partial charge is 0.349 e. The van der Waals surface area contributed by atoms with Gasteiger partial charge in [0.25, 0.3) is 0 Å². The number of likely N-dealkylation sites (tertiary alicyclic amines) is 1. The van der Waals surface area contributed by atoms with Gasteiger partial charge < -0.3 is 5.32 Å². The fourth-order valence-electron chi connectivity index (χ4n) is 4.73. The highest BCUT2D eigenvalue weighted by Crippen LogP contribution is 2.38. The molecule has 2 fully saturated rings. The number of nitrogens with zero attached hydrogens (tertiary/aromatic N) is 1. The molecular weight excluding hydrogens is 364 g/mol. The third kappa shape index (κ3) is 4.88. The standard InChI is InChI=1S/C24H34N2O3/c1-4-7-17-10-12-18(13-11-17)22(16(2)3)25-21(27)14-15-26-23(28)19-8-5-6-9-20(19)24(26)29/h10-13,16,19-20,22H,4-9,14-15H2,1-3H3,(H,25,27). The predicted octanol–water partition coefficient (Wildman–Crippen LogP) is 4.02. The third-order valence-corrected chi connectivity index (χ3v) is 6.36. The fourth-order valence-corrected chi connectivity index (χ4v) is 4.73. The van der Waals surface area contributed by atoms with Crippen molar-refractivity contribution in [3.8, 4) is 0 Å². The van der Waals surface area contributed by atoms with Crippen molar-refractivity contribution in [2.45, 2.75) is 71.8 Å². The van der Waals surface area contributed by atoms with Crippen LogP contribution in [0.5, 0.6) is 0 Å². The van der Waals surface area contributed by atoms with Crippen molar-refractivity contribution < 1.29 is 14.4 Å². The molecule has 29 heavy (non-hydrogen) atoms. The van der Waals surface area contributed by atoms with Crippen molar-refractivity contribution in [1.82, 2.24) is 10.2 Å². The van der Waals surface area contributed by atoms with Crippen LogP contribution in [0.1, 0.15) is 76.5 Å². The number of nitrogens with one attached hydrogen (secondary N) is 1. The number of rotatable bonds is 8. The van der Waals surface area contributed by atoms with Crippen LogP contribution in [0.25, 0.3) is 0 Å². The Morgan fingerprint density at radius 3 is 2.17 bits per heavy atom. The highest BCUT2D eigenvalue weighted by Gasteiger charge is 2.47. The van der Waals surface area contributed by atoms with E-state index in [9.17, 15) is 14.4 Å². The maximum atomic E-state index is 12.6. The van der Waals surface area contributed by atoms with Crippen molar-refractivity contribution in [2.24, 2.45) is 17.8 Å². The summed E-state index contributed by atoms with van der Waals surface area (Å²) < 4.78 is 0. The van der Waals surface area contributed by atoms with Crippen LogP contribution in [0.4, 0.5) is 0 Å². The predicted molar refractivity (Wildman–Crippen MR) is 113 cm³/mol. The molecule has 0 bridgehead atoms. The minimum absolute atomic E-state index is 0.0700. The van der Waals surface area contributed by atoms with E-state index in [0.29, 0.717) is 0 Å². The van der Waals surface area contributed by atoms with E-state index in [0.717, 1.165) is 44.1 Å². The molecule has 3 rings (SSSR count). The van der Waals surface area contributed by atoms with E-state index in [-0.39, 0.29) is 54.5 Å². The summed E-state index contributed by atoms with van der Waals surface area (Å²) in [5.74, 6) is -0.307. The first-order chi connectivity index (χ1) is 13.9. The van der Waals surface area contributed by atoms with Gasteiger partial charge in [0, 0.05) is 13.0 Å².